The molecule has 0 fully saturated rings. The maximum absolute atomic E-state index is 3.78. The van der Waals surface area contributed by atoms with Gasteiger partial charge in [-0.15, -0.1) is 19.7 Å². The summed E-state index contributed by atoms with van der Waals surface area (Å²) in [7, 11) is 0. The van der Waals surface area contributed by atoms with Gasteiger partial charge in [-0.3, -0.25) is 0 Å². The van der Waals surface area contributed by atoms with Gasteiger partial charge in [0.25, 0.3) is 0 Å². The molecule has 2 heterocycles. The van der Waals surface area contributed by atoms with Crippen molar-refractivity contribution in [2.75, 3.05) is 4.90 Å². The van der Waals surface area contributed by atoms with Crippen molar-refractivity contribution < 1.29 is 0 Å². The van der Waals surface area contributed by atoms with Crippen molar-refractivity contribution in [3.05, 3.63) is 459 Å². The SMILES string of the molecule is Brc1ccc(-c2ccccc2-c2ccc3c4ccccc4n(-c4ccccc4)c3c2)cc1.C1=CCCC(n2c3ccccc3c3ccc(-c4ccccc4-c4ccc(N(c5ccc(-c6ccccc6)cc5)c5ccc(-c6ccccc6)cc5)cc4)cc32)=C1.C=CC.C=CCC/C=C/c1ccc(Cc2ccc(CC=C)cc2)cc1. The highest BCUT2D eigenvalue weighted by molar-refractivity contribution is 9.10. The predicted octanol–water partition coefficient (Wildman–Crippen LogP) is 31.2. The molecule has 18 rings (SSSR count). The molecule has 1 aliphatic carbocycles. The highest BCUT2D eigenvalue weighted by Gasteiger charge is 2.20. The second-order valence-electron chi connectivity index (χ2n) is 28.3. The van der Waals surface area contributed by atoms with E-state index in [1.54, 1.807) is 6.08 Å². The Morgan fingerprint density at radius 1 is 0.354 bits per heavy atom. The quantitative estimate of drug-likeness (QED) is 0.0581. The van der Waals surface area contributed by atoms with Crippen LogP contribution in [0.3, 0.4) is 0 Å². The zero-order valence-electron chi connectivity index (χ0n) is 63.9. The first-order valence-electron chi connectivity index (χ1n) is 39.1. The summed E-state index contributed by atoms with van der Waals surface area (Å²) < 4.78 is 5.94. The van der Waals surface area contributed by atoms with Crippen LogP contribution in [0.5, 0.6) is 0 Å². The number of allylic oxidation sites excluding steroid dienone is 8. The second kappa shape index (κ2) is 36.4. The van der Waals surface area contributed by atoms with Crippen molar-refractivity contribution in [1.82, 2.24) is 9.13 Å². The topological polar surface area (TPSA) is 13.1 Å². The van der Waals surface area contributed by atoms with Gasteiger partial charge in [0.05, 0.1) is 22.1 Å². The Kier molecular flexibility index (Phi) is 24.2. The molecule has 548 valence electrons. The molecular weight excluding hydrogens is 1430 g/mol. The summed E-state index contributed by atoms with van der Waals surface area (Å²) in [5, 5.41) is 5.13. The van der Waals surface area contributed by atoms with Crippen LogP contribution in [0.15, 0.2) is 437 Å². The molecule has 1 aliphatic rings. The van der Waals surface area contributed by atoms with Crippen LogP contribution in [0.4, 0.5) is 17.1 Å². The molecule has 0 saturated heterocycles. The maximum Gasteiger partial charge on any atom is 0.0547 e. The van der Waals surface area contributed by atoms with E-state index in [0.717, 1.165) is 60.1 Å². The summed E-state index contributed by atoms with van der Waals surface area (Å²) in [6, 6.07) is 134. The molecule has 0 spiro atoms. The van der Waals surface area contributed by atoms with Crippen molar-refractivity contribution in [1.29, 1.82) is 0 Å². The highest BCUT2D eigenvalue weighted by Crippen LogP contribution is 2.43. The van der Waals surface area contributed by atoms with Crippen molar-refractivity contribution in [2.24, 2.45) is 0 Å². The lowest BCUT2D eigenvalue weighted by molar-refractivity contribution is 0.979. The van der Waals surface area contributed by atoms with E-state index in [1.807, 2.05) is 19.1 Å². The lowest BCUT2D eigenvalue weighted by Crippen LogP contribution is -2.09. The van der Waals surface area contributed by atoms with Crippen LogP contribution in [0.2, 0.25) is 0 Å². The minimum Gasteiger partial charge on any atom is -0.313 e. The Morgan fingerprint density at radius 3 is 1.22 bits per heavy atom. The number of nitrogens with zero attached hydrogens (tertiary/aromatic N) is 3. The van der Waals surface area contributed by atoms with Crippen molar-refractivity contribution in [3.63, 3.8) is 0 Å². The molecule has 4 heteroatoms. The normalized spacial score (nSPS) is 11.6. The van der Waals surface area contributed by atoms with E-state index < -0.39 is 0 Å². The zero-order valence-corrected chi connectivity index (χ0v) is 65.5. The Balaban J connectivity index is 0.000000148. The van der Waals surface area contributed by atoms with Gasteiger partial charge in [0.15, 0.2) is 0 Å². The fourth-order valence-corrected chi connectivity index (χ4v) is 15.6. The molecule has 0 bridgehead atoms. The van der Waals surface area contributed by atoms with E-state index in [4.69, 9.17) is 0 Å². The summed E-state index contributed by atoms with van der Waals surface area (Å²) in [5.74, 6) is 0. The van der Waals surface area contributed by atoms with Crippen LogP contribution >= 0.6 is 15.9 Å². The van der Waals surface area contributed by atoms with Crippen molar-refractivity contribution >= 4 is 88.4 Å². The average molecular weight is 1520 g/mol. The number of aromatic nitrogens is 2. The minimum absolute atomic E-state index is 0.938. The number of hydrogen-bond donors (Lipinski definition) is 0. The lowest BCUT2D eigenvalue weighted by atomic mass is 9.93. The monoisotopic (exact) mass is 1520 g/mol. The van der Waals surface area contributed by atoms with Gasteiger partial charge in [-0.1, -0.05) is 344 Å². The minimum atomic E-state index is 0.938. The van der Waals surface area contributed by atoms with E-state index in [2.05, 4.69) is 450 Å². The van der Waals surface area contributed by atoms with E-state index in [-0.39, 0.29) is 0 Å². The van der Waals surface area contributed by atoms with Crippen LogP contribution in [0.1, 0.15) is 54.9 Å². The first-order chi connectivity index (χ1) is 55.8. The van der Waals surface area contributed by atoms with Gasteiger partial charge >= 0.3 is 0 Å². The molecule has 0 amide bonds. The molecule has 0 saturated carbocycles. The number of anilines is 3. The smallest absolute Gasteiger partial charge is 0.0547 e. The highest BCUT2D eigenvalue weighted by atomic mass is 79.9. The average Bonchev–Trinajstić information content (AvgIpc) is 1.59. The Hall–Kier alpha value is -13.4. The molecule has 0 aliphatic heterocycles. The van der Waals surface area contributed by atoms with E-state index in [0.29, 0.717) is 0 Å². The molecule has 0 N–H and O–H groups in total. The van der Waals surface area contributed by atoms with Gasteiger partial charge in [-0.2, -0.15) is 0 Å². The van der Waals surface area contributed by atoms with E-state index in [9.17, 15) is 0 Å². The van der Waals surface area contributed by atoms with Crippen LogP contribution < -0.4 is 4.90 Å². The second-order valence-corrected chi connectivity index (χ2v) is 29.3. The first kappa shape index (κ1) is 75.1. The van der Waals surface area contributed by atoms with E-state index in [1.165, 1.54) is 144 Å². The number of benzene rings is 15. The molecule has 17 aromatic rings. The summed E-state index contributed by atoms with van der Waals surface area (Å²) in [4.78, 5) is 2.35. The van der Waals surface area contributed by atoms with Crippen LogP contribution in [0, 0.1) is 0 Å². The summed E-state index contributed by atoms with van der Waals surface area (Å²) >= 11 is 3.55. The fraction of sp³-hybridized carbons (Fsp3) is 0.0642. The van der Waals surface area contributed by atoms with Gasteiger partial charge in [0.2, 0.25) is 0 Å². The molecule has 0 radical (unpaired) electrons. The zero-order chi connectivity index (χ0) is 77.1. The number of hydrogen-bond acceptors (Lipinski definition) is 1. The third kappa shape index (κ3) is 17.5. The number of unbranched alkanes of at least 4 members (excludes halogenated alkanes) is 1. The number of fused-ring (bicyclic) bond motifs is 6. The summed E-state index contributed by atoms with van der Waals surface area (Å²) in [6.07, 6.45) is 22.9. The van der Waals surface area contributed by atoms with Gasteiger partial charge < -0.3 is 14.0 Å². The fourth-order valence-electron chi connectivity index (χ4n) is 15.3. The molecule has 3 nitrogen and oxygen atoms in total. The van der Waals surface area contributed by atoms with Crippen LogP contribution in [-0.4, -0.2) is 9.13 Å². The molecule has 0 unspecified atom stereocenters. The Bertz CT molecular complexity index is 6100. The van der Waals surface area contributed by atoms with Crippen molar-refractivity contribution in [2.45, 2.75) is 45.4 Å². The van der Waals surface area contributed by atoms with Crippen LogP contribution in [0.25, 0.3) is 128 Å². The first-order valence-corrected chi connectivity index (χ1v) is 39.9. The number of rotatable bonds is 19. The molecule has 0 atom stereocenters. The van der Waals surface area contributed by atoms with Gasteiger partial charge in [-0.05, 0) is 225 Å². The largest absolute Gasteiger partial charge is 0.313 e. The molecule has 15 aromatic carbocycles. The van der Waals surface area contributed by atoms with Gasteiger partial charge in [-0.25, -0.2) is 0 Å². The molecule has 113 heavy (non-hydrogen) atoms. The van der Waals surface area contributed by atoms with E-state index >= 15 is 0 Å². The van der Waals surface area contributed by atoms with Gasteiger partial charge in [0.1, 0.15) is 0 Å². The number of para-hydroxylation sites is 3. The molecular formula is C109H90BrN3. The van der Waals surface area contributed by atoms with Crippen molar-refractivity contribution in [3.8, 4) is 72.4 Å². The summed E-state index contributed by atoms with van der Waals surface area (Å²) in [6.45, 7) is 12.8. The third-order valence-corrected chi connectivity index (χ3v) is 21.3. The lowest BCUT2D eigenvalue weighted by Gasteiger charge is -2.26. The Labute approximate surface area is 674 Å². The van der Waals surface area contributed by atoms with Crippen LogP contribution in [-0.2, 0) is 12.8 Å². The van der Waals surface area contributed by atoms with Gasteiger partial charge in [0, 0.05) is 54.5 Å². The maximum atomic E-state index is 3.78. The molecule has 2 aromatic heterocycles. The standard InChI is InChI=1S/C54H40N2.C30H20BrN.C22H24.C3H6/c1-4-14-39(15-5-1)41-24-31-46(32-25-41)55(47-33-26-42(27-34-47)40-16-6-2-7-17-40)48-35-28-43(29-36-48)49-20-10-11-21-50(49)44-30-37-52-51-22-12-13-23-53(51)56(54(52)38-44)45-18-8-3-9-19-45;31-23-17-14-21(15-18-23)25-10-4-5-11-26(25)22-16-19-28-27-12-6-7-13-29(27)32(30(28)20-22)24-8-2-1-3-9-24;1-3-5-6-7-9-20-12-16-22(17-13-20)18-21-14-10-19(8-4-2)11-15-21;1-3-2/h1-8,10-18,20-38H,9,19H2;1-20H;3-4,7,9-17H,1-2,5-6,8,18H2;3H,1H2,2H3/b;;9-7+;. The predicted molar refractivity (Wildman–Crippen MR) is 492 cm³/mol. The third-order valence-electron chi connectivity index (χ3n) is 20.8. The Morgan fingerprint density at radius 2 is 0.743 bits per heavy atom. The number of halogens is 1. The summed E-state index contributed by atoms with van der Waals surface area (Å²) in [5.41, 5.74) is 30.7.